The molecule has 0 unspecified atom stereocenters. The molecular formula is C20H34N2O. The summed E-state index contributed by atoms with van der Waals surface area (Å²) in [5, 5.41) is 0. The van der Waals surface area contributed by atoms with E-state index in [4.69, 9.17) is 4.74 Å². The predicted octanol–water partition coefficient (Wildman–Crippen LogP) is 3.00. The van der Waals surface area contributed by atoms with Crippen LogP contribution in [0.2, 0.25) is 0 Å². The van der Waals surface area contributed by atoms with Gasteiger partial charge in [0.05, 0.1) is 6.61 Å². The second-order valence-electron chi connectivity index (χ2n) is 9.48. The lowest BCUT2D eigenvalue weighted by Gasteiger charge is -2.37. The van der Waals surface area contributed by atoms with Crippen LogP contribution in [0.3, 0.4) is 0 Å². The molecule has 5 fully saturated rings. The van der Waals surface area contributed by atoms with E-state index in [2.05, 4.69) is 9.80 Å². The Bertz CT molecular complexity index is 429. The summed E-state index contributed by atoms with van der Waals surface area (Å²) in [7, 11) is 0. The van der Waals surface area contributed by atoms with E-state index in [1.165, 1.54) is 84.1 Å². The van der Waals surface area contributed by atoms with Crippen molar-refractivity contribution in [2.24, 2.45) is 23.2 Å². The van der Waals surface area contributed by atoms with Gasteiger partial charge in [0, 0.05) is 50.2 Å². The number of rotatable bonds is 7. The molecule has 130 valence electrons. The highest BCUT2D eigenvalue weighted by atomic mass is 16.5. The van der Waals surface area contributed by atoms with Crippen molar-refractivity contribution in [3.05, 3.63) is 0 Å². The number of nitrogens with zero attached hydrogens (tertiary/aromatic N) is 2. The average molecular weight is 319 g/mol. The van der Waals surface area contributed by atoms with Crippen LogP contribution in [0.4, 0.5) is 0 Å². The van der Waals surface area contributed by atoms with Gasteiger partial charge in [0.15, 0.2) is 0 Å². The Morgan fingerprint density at radius 2 is 1.74 bits per heavy atom. The molecular weight excluding hydrogens is 284 g/mol. The van der Waals surface area contributed by atoms with Crippen LogP contribution in [0.25, 0.3) is 0 Å². The van der Waals surface area contributed by atoms with Crippen molar-refractivity contribution >= 4 is 0 Å². The van der Waals surface area contributed by atoms with Crippen LogP contribution in [-0.4, -0.2) is 61.8 Å². The molecule has 0 aromatic heterocycles. The van der Waals surface area contributed by atoms with Crippen molar-refractivity contribution in [2.45, 2.75) is 57.4 Å². The van der Waals surface area contributed by atoms with Crippen molar-refractivity contribution in [3.63, 3.8) is 0 Å². The minimum absolute atomic E-state index is 0.564. The summed E-state index contributed by atoms with van der Waals surface area (Å²) >= 11 is 0. The van der Waals surface area contributed by atoms with E-state index in [-0.39, 0.29) is 0 Å². The van der Waals surface area contributed by atoms with Gasteiger partial charge >= 0.3 is 0 Å². The first-order chi connectivity index (χ1) is 11.3. The van der Waals surface area contributed by atoms with Gasteiger partial charge in [-0.3, -0.25) is 4.90 Å². The third kappa shape index (κ3) is 3.21. The molecule has 0 N–H and O–H groups in total. The van der Waals surface area contributed by atoms with Crippen LogP contribution in [0.1, 0.15) is 51.4 Å². The van der Waals surface area contributed by atoms with Gasteiger partial charge in [0.25, 0.3) is 0 Å². The lowest BCUT2D eigenvalue weighted by atomic mass is 9.77. The predicted molar refractivity (Wildman–Crippen MR) is 92.5 cm³/mol. The van der Waals surface area contributed by atoms with Crippen LogP contribution in [-0.2, 0) is 4.74 Å². The van der Waals surface area contributed by atoms with Crippen molar-refractivity contribution in [1.29, 1.82) is 0 Å². The van der Waals surface area contributed by atoms with Crippen molar-refractivity contribution in [3.8, 4) is 0 Å². The van der Waals surface area contributed by atoms with Gasteiger partial charge in [-0.1, -0.05) is 6.42 Å². The van der Waals surface area contributed by atoms with E-state index in [1.807, 2.05) is 0 Å². The molecule has 3 saturated carbocycles. The smallest absolute Gasteiger partial charge is 0.0512 e. The molecule has 3 aliphatic carbocycles. The molecule has 0 radical (unpaired) electrons. The molecule has 5 aliphatic rings. The topological polar surface area (TPSA) is 15.7 Å². The van der Waals surface area contributed by atoms with Crippen LogP contribution in [0.15, 0.2) is 0 Å². The highest BCUT2D eigenvalue weighted by Crippen LogP contribution is 2.47. The lowest BCUT2D eigenvalue weighted by Crippen LogP contribution is -2.42. The average Bonchev–Trinajstić information content (AvgIpc) is 3.38. The van der Waals surface area contributed by atoms with Gasteiger partial charge in [-0.25, -0.2) is 0 Å². The third-order valence-electron chi connectivity index (χ3n) is 7.47. The first kappa shape index (κ1) is 15.2. The standard InChI is InChI=1S/C20H34N2O/c1-2-19(3-1)22-9-8-20(15-22)14-21(10-16-4-5-16)11-18(20)13-23-12-17-6-7-17/h16-19H,1-15H2/t18-,20+/m0/s1. The lowest BCUT2D eigenvalue weighted by molar-refractivity contribution is 0.0504. The van der Waals surface area contributed by atoms with Crippen LogP contribution < -0.4 is 0 Å². The molecule has 23 heavy (non-hydrogen) atoms. The maximum atomic E-state index is 6.19. The molecule has 0 aromatic rings. The second-order valence-corrected chi connectivity index (χ2v) is 9.48. The molecule has 2 saturated heterocycles. The normalized spacial score (nSPS) is 39.4. The van der Waals surface area contributed by atoms with E-state index in [9.17, 15) is 0 Å². The molecule has 0 bridgehead atoms. The van der Waals surface area contributed by atoms with E-state index < -0.39 is 0 Å². The Morgan fingerprint density at radius 1 is 0.913 bits per heavy atom. The minimum Gasteiger partial charge on any atom is -0.381 e. The zero-order chi connectivity index (χ0) is 15.3. The van der Waals surface area contributed by atoms with E-state index in [0.29, 0.717) is 5.41 Å². The highest BCUT2D eigenvalue weighted by molar-refractivity contribution is 5.04. The number of hydrogen-bond donors (Lipinski definition) is 0. The zero-order valence-corrected chi connectivity index (χ0v) is 14.7. The fraction of sp³-hybridized carbons (Fsp3) is 1.00. The maximum Gasteiger partial charge on any atom is 0.0512 e. The molecule has 5 rings (SSSR count). The van der Waals surface area contributed by atoms with Gasteiger partial charge in [-0.15, -0.1) is 0 Å². The summed E-state index contributed by atoms with van der Waals surface area (Å²) in [4.78, 5) is 5.66. The van der Waals surface area contributed by atoms with Crippen LogP contribution in [0.5, 0.6) is 0 Å². The van der Waals surface area contributed by atoms with Gasteiger partial charge in [-0.05, 0) is 63.3 Å². The van der Waals surface area contributed by atoms with Crippen molar-refractivity contribution in [1.82, 2.24) is 9.80 Å². The Hall–Kier alpha value is -0.120. The molecule has 1 spiro atoms. The van der Waals surface area contributed by atoms with E-state index >= 15 is 0 Å². The monoisotopic (exact) mass is 318 g/mol. The second kappa shape index (κ2) is 6.00. The zero-order valence-electron chi connectivity index (χ0n) is 14.7. The Kier molecular flexibility index (Phi) is 3.95. The molecule has 0 amide bonds. The Morgan fingerprint density at radius 3 is 2.43 bits per heavy atom. The first-order valence-electron chi connectivity index (χ1n) is 10.3. The number of likely N-dealkylation sites (tertiary alicyclic amines) is 2. The Balaban J connectivity index is 1.22. The van der Waals surface area contributed by atoms with Crippen LogP contribution in [0, 0.1) is 23.2 Å². The van der Waals surface area contributed by atoms with Gasteiger partial charge < -0.3 is 9.64 Å². The molecule has 2 aliphatic heterocycles. The summed E-state index contributed by atoms with van der Waals surface area (Å²) in [6.45, 7) is 8.88. The van der Waals surface area contributed by atoms with Gasteiger partial charge in [0.1, 0.15) is 0 Å². The fourth-order valence-electron chi connectivity index (χ4n) is 5.29. The number of ether oxygens (including phenoxy) is 1. The fourth-order valence-corrected chi connectivity index (χ4v) is 5.29. The first-order valence-corrected chi connectivity index (χ1v) is 10.3. The minimum atomic E-state index is 0.564. The summed E-state index contributed by atoms with van der Waals surface area (Å²) in [5.41, 5.74) is 0.564. The summed E-state index contributed by atoms with van der Waals surface area (Å²) < 4.78 is 6.19. The highest BCUT2D eigenvalue weighted by Gasteiger charge is 2.52. The Labute approximate surface area is 141 Å². The SMILES string of the molecule is C1CC(N2CC[C@@]3(CN(CC4CC4)C[C@H]3COCC3CC3)C2)C1. The summed E-state index contributed by atoms with van der Waals surface area (Å²) in [6.07, 6.45) is 11.6. The van der Waals surface area contributed by atoms with Crippen molar-refractivity contribution in [2.75, 3.05) is 45.9 Å². The summed E-state index contributed by atoms with van der Waals surface area (Å²) in [5.74, 6) is 2.73. The third-order valence-corrected chi connectivity index (χ3v) is 7.47. The van der Waals surface area contributed by atoms with E-state index in [1.54, 1.807) is 0 Å². The number of hydrogen-bond acceptors (Lipinski definition) is 3. The molecule has 3 nitrogen and oxygen atoms in total. The quantitative estimate of drug-likeness (QED) is 0.718. The molecule has 2 heterocycles. The molecule has 2 atom stereocenters. The largest absolute Gasteiger partial charge is 0.381 e. The molecule has 0 aromatic carbocycles. The maximum absolute atomic E-state index is 6.19. The van der Waals surface area contributed by atoms with E-state index in [0.717, 1.165) is 37.0 Å². The summed E-state index contributed by atoms with van der Waals surface area (Å²) in [6, 6.07) is 0.930. The van der Waals surface area contributed by atoms with Crippen LogP contribution >= 0.6 is 0 Å². The molecule has 3 heteroatoms. The van der Waals surface area contributed by atoms with Gasteiger partial charge in [-0.2, -0.15) is 0 Å². The van der Waals surface area contributed by atoms with Crippen molar-refractivity contribution < 1.29 is 4.74 Å². The van der Waals surface area contributed by atoms with Gasteiger partial charge in [0.2, 0.25) is 0 Å².